The molecule has 0 aliphatic heterocycles. The van der Waals surface area contributed by atoms with Gasteiger partial charge in [-0.2, -0.15) is 0 Å². The standard InChI is InChI=1S/C21H30N4O5S.C7H7NO/c1-22-21-25(10-6-9-23-19(26)12-28-4)17(14-31-21)16-8-7-15(29-5)11-18(16)30-13-20(27)24(2)3;1-6-2-3-7(5-9)4-8-6/h7-8,11,14H,6,9-10,12-13H2,1-5H3,(H,23,26);2-5H,1H3. The fourth-order valence-electron chi connectivity index (χ4n) is 3.36. The van der Waals surface area contributed by atoms with Gasteiger partial charge in [0.2, 0.25) is 5.91 Å². The van der Waals surface area contributed by atoms with E-state index in [1.54, 1.807) is 46.6 Å². The molecule has 2 heterocycles. The largest absolute Gasteiger partial charge is 0.497 e. The van der Waals surface area contributed by atoms with Gasteiger partial charge in [0.15, 0.2) is 17.7 Å². The van der Waals surface area contributed by atoms with Crippen molar-refractivity contribution < 1.29 is 28.6 Å². The average Bonchev–Trinajstić information content (AvgIpc) is 3.37. The Balaban J connectivity index is 0.000000526. The molecule has 11 nitrogen and oxygen atoms in total. The van der Waals surface area contributed by atoms with Crippen LogP contribution in [-0.2, 0) is 20.9 Å². The number of rotatable bonds is 12. The molecule has 0 aliphatic rings. The van der Waals surface area contributed by atoms with Crippen LogP contribution in [0.15, 0.2) is 46.9 Å². The fraction of sp³-hybridized carbons (Fsp3) is 0.393. The number of nitrogens with zero attached hydrogens (tertiary/aromatic N) is 4. The second-order valence-electron chi connectivity index (χ2n) is 8.70. The predicted molar refractivity (Wildman–Crippen MR) is 154 cm³/mol. The quantitative estimate of drug-likeness (QED) is 0.262. The highest BCUT2D eigenvalue weighted by Crippen LogP contribution is 2.34. The number of pyridine rings is 1. The highest BCUT2D eigenvalue weighted by Gasteiger charge is 2.16. The SMILES string of the molecule is CN=c1scc(-c2ccc(OC)cc2OCC(=O)N(C)C)n1CCCNC(=O)COC.Cc1ccc(C=O)cn1. The lowest BCUT2D eigenvalue weighted by Gasteiger charge is -2.16. The number of benzene rings is 1. The van der Waals surface area contributed by atoms with Crippen LogP contribution >= 0.6 is 11.3 Å². The molecule has 216 valence electrons. The van der Waals surface area contributed by atoms with E-state index in [0.717, 1.165) is 34.5 Å². The third-order valence-electron chi connectivity index (χ3n) is 5.53. The van der Waals surface area contributed by atoms with Crippen molar-refractivity contribution in [1.82, 2.24) is 19.8 Å². The van der Waals surface area contributed by atoms with Crippen LogP contribution in [0.2, 0.25) is 0 Å². The maximum Gasteiger partial charge on any atom is 0.259 e. The first kappa shape index (κ1) is 32.2. The summed E-state index contributed by atoms with van der Waals surface area (Å²) in [5.74, 6) is 0.911. The number of nitrogens with one attached hydrogen (secondary N) is 1. The van der Waals surface area contributed by atoms with Crippen LogP contribution in [0.5, 0.6) is 11.5 Å². The van der Waals surface area contributed by atoms with Gasteiger partial charge in [-0.15, -0.1) is 11.3 Å². The molecule has 40 heavy (non-hydrogen) atoms. The molecule has 0 spiro atoms. The number of hydrogen-bond donors (Lipinski definition) is 1. The second-order valence-corrected chi connectivity index (χ2v) is 9.54. The Bertz CT molecular complexity index is 1320. The van der Waals surface area contributed by atoms with Crippen LogP contribution in [-0.4, -0.2) is 87.7 Å². The maximum absolute atomic E-state index is 12.0. The number of carbonyl (C=O) groups is 3. The highest BCUT2D eigenvalue weighted by atomic mass is 32.1. The van der Waals surface area contributed by atoms with Gasteiger partial charge in [0, 0.05) is 75.8 Å². The number of aromatic nitrogens is 2. The molecule has 0 bridgehead atoms. The van der Waals surface area contributed by atoms with Crippen LogP contribution in [0.25, 0.3) is 11.3 Å². The number of hydrogen-bond acceptors (Lipinski definition) is 9. The summed E-state index contributed by atoms with van der Waals surface area (Å²) in [5.41, 5.74) is 3.31. The smallest absolute Gasteiger partial charge is 0.259 e. The van der Waals surface area contributed by atoms with E-state index in [9.17, 15) is 14.4 Å². The summed E-state index contributed by atoms with van der Waals surface area (Å²) < 4.78 is 18.1. The van der Waals surface area contributed by atoms with Crippen molar-refractivity contribution in [3.63, 3.8) is 0 Å². The van der Waals surface area contributed by atoms with Crippen LogP contribution in [0.1, 0.15) is 22.5 Å². The number of amides is 2. The average molecular weight is 572 g/mol. The summed E-state index contributed by atoms with van der Waals surface area (Å²) >= 11 is 1.52. The number of thiazole rings is 1. The number of aldehydes is 1. The van der Waals surface area contributed by atoms with E-state index in [0.29, 0.717) is 30.2 Å². The van der Waals surface area contributed by atoms with Crippen molar-refractivity contribution in [3.8, 4) is 22.8 Å². The Kier molecular flexibility index (Phi) is 13.5. The van der Waals surface area contributed by atoms with E-state index in [-0.39, 0.29) is 25.0 Å². The Hall–Kier alpha value is -4.03. The Morgan fingerprint density at radius 3 is 2.55 bits per heavy atom. The van der Waals surface area contributed by atoms with Crippen molar-refractivity contribution in [2.45, 2.75) is 19.9 Å². The van der Waals surface area contributed by atoms with Crippen LogP contribution in [0.4, 0.5) is 0 Å². The molecule has 0 unspecified atom stereocenters. The van der Waals surface area contributed by atoms with Gasteiger partial charge in [-0.1, -0.05) is 0 Å². The fourth-order valence-corrected chi connectivity index (χ4v) is 4.26. The predicted octanol–water partition coefficient (Wildman–Crippen LogP) is 2.58. The van der Waals surface area contributed by atoms with Crippen molar-refractivity contribution in [2.24, 2.45) is 4.99 Å². The highest BCUT2D eigenvalue weighted by molar-refractivity contribution is 7.07. The molecule has 3 aromatic rings. The maximum atomic E-state index is 12.0. The number of likely N-dealkylation sites (N-methyl/N-ethyl adjacent to an activating group) is 1. The Labute approximate surface area is 238 Å². The summed E-state index contributed by atoms with van der Waals surface area (Å²) in [4.78, 5) is 44.3. The molecule has 3 rings (SSSR count). The summed E-state index contributed by atoms with van der Waals surface area (Å²) in [6.45, 7) is 3.03. The molecule has 0 saturated carbocycles. The lowest BCUT2D eigenvalue weighted by molar-refractivity contribution is -0.130. The van der Waals surface area contributed by atoms with Gasteiger partial charge >= 0.3 is 0 Å². The lowest BCUT2D eigenvalue weighted by Crippen LogP contribution is -2.29. The number of carbonyl (C=O) groups excluding carboxylic acids is 3. The van der Waals surface area contributed by atoms with Gasteiger partial charge in [0.1, 0.15) is 18.1 Å². The zero-order chi connectivity index (χ0) is 29.5. The zero-order valence-electron chi connectivity index (χ0n) is 23.8. The third-order valence-corrected chi connectivity index (χ3v) is 6.48. The Morgan fingerprint density at radius 2 is 1.95 bits per heavy atom. The van der Waals surface area contributed by atoms with E-state index in [4.69, 9.17) is 14.2 Å². The molecule has 0 atom stereocenters. The molecule has 12 heteroatoms. The van der Waals surface area contributed by atoms with Gasteiger partial charge in [-0.25, -0.2) is 0 Å². The molecule has 0 radical (unpaired) electrons. The third kappa shape index (κ3) is 9.93. The first-order valence-corrected chi connectivity index (χ1v) is 13.4. The minimum absolute atomic E-state index is 0.0462. The zero-order valence-corrected chi connectivity index (χ0v) is 24.6. The van der Waals surface area contributed by atoms with Crippen LogP contribution in [0, 0.1) is 6.92 Å². The number of ether oxygens (including phenoxy) is 3. The minimum Gasteiger partial charge on any atom is -0.497 e. The molecular formula is C28H37N5O6S. The molecule has 0 aliphatic carbocycles. The van der Waals surface area contributed by atoms with Crippen molar-refractivity contribution in [2.75, 3.05) is 55.1 Å². The molecule has 1 N–H and O–H groups in total. The van der Waals surface area contributed by atoms with E-state index < -0.39 is 0 Å². The second kappa shape index (κ2) is 16.8. The van der Waals surface area contributed by atoms with Crippen molar-refractivity contribution >= 4 is 29.4 Å². The normalized spacial score (nSPS) is 10.8. The lowest BCUT2D eigenvalue weighted by atomic mass is 10.1. The summed E-state index contributed by atoms with van der Waals surface area (Å²) in [6.07, 6.45) is 3.06. The van der Waals surface area contributed by atoms with E-state index >= 15 is 0 Å². The monoisotopic (exact) mass is 571 g/mol. The van der Waals surface area contributed by atoms with E-state index in [2.05, 4.69) is 19.9 Å². The van der Waals surface area contributed by atoms with Crippen molar-refractivity contribution in [1.29, 1.82) is 0 Å². The summed E-state index contributed by atoms with van der Waals surface area (Å²) in [5, 5.41) is 4.83. The molecule has 0 saturated heterocycles. The summed E-state index contributed by atoms with van der Waals surface area (Å²) in [7, 11) is 8.19. The number of aryl methyl sites for hydroxylation is 1. The van der Waals surface area contributed by atoms with Crippen LogP contribution < -0.4 is 19.6 Å². The Morgan fingerprint density at radius 1 is 1.18 bits per heavy atom. The molecule has 2 amide bonds. The summed E-state index contributed by atoms with van der Waals surface area (Å²) in [6, 6.07) is 9.09. The van der Waals surface area contributed by atoms with Crippen molar-refractivity contribution in [3.05, 3.63) is 58.0 Å². The van der Waals surface area contributed by atoms with Gasteiger partial charge in [-0.3, -0.25) is 24.4 Å². The van der Waals surface area contributed by atoms with Gasteiger partial charge in [0.05, 0.1) is 12.8 Å². The molecule has 2 aromatic heterocycles. The first-order chi connectivity index (χ1) is 19.2. The topological polar surface area (TPSA) is 124 Å². The molecular weight excluding hydrogens is 534 g/mol. The number of methoxy groups -OCH3 is 2. The van der Waals surface area contributed by atoms with Gasteiger partial charge in [0.25, 0.3) is 5.91 Å². The van der Waals surface area contributed by atoms with E-state index in [1.807, 2.05) is 30.5 Å². The molecule has 1 aromatic carbocycles. The van der Waals surface area contributed by atoms with Crippen LogP contribution in [0.3, 0.4) is 0 Å². The minimum atomic E-state index is -0.144. The van der Waals surface area contributed by atoms with Gasteiger partial charge < -0.3 is 29.0 Å². The van der Waals surface area contributed by atoms with E-state index in [1.165, 1.54) is 23.3 Å². The first-order valence-electron chi connectivity index (χ1n) is 12.5. The van der Waals surface area contributed by atoms with Gasteiger partial charge in [-0.05, 0) is 37.6 Å². The molecule has 0 fully saturated rings.